The fourth-order valence-corrected chi connectivity index (χ4v) is 4.02. The Kier molecular flexibility index (Phi) is 7.77. The van der Waals surface area contributed by atoms with Gasteiger partial charge in [0.15, 0.2) is 6.61 Å². The quantitative estimate of drug-likeness (QED) is 0.291. The van der Waals surface area contributed by atoms with Crippen LogP contribution in [-0.2, 0) is 14.3 Å². The van der Waals surface area contributed by atoms with E-state index in [4.69, 9.17) is 9.47 Å². The smallest absolute Gasteiger partial charge is 0.339 e. The average molecular weight is 475 g/mol. The lowest BCUT2D eigenvalue weighted by atomic mass is 10.0. The second kappa shape index (κ2) is 11.3. The number of benzene rings is 3. The number of halogens is 1. The van der Waals surface area contributed by atoms with Crippen molar-refractivity contribution in [3.8, 4) is 5.75 Å². The molecule has 7 heteroatoms. The molecule has 4 rings (SSSR count). The summed E-state index contributed by atoms with van der Waals surface area (Å²) >= 11 is 0. The van der Waals surface area contributed by atoms with E-state index in [1.807, 2.05) is 59.5 Å². The van der Waals surface area contributed by atoms with E-state index in [1.165, 1.54) is 6.07 Å². The number of nitrogens with zero attached hydrogens (tertiary/aromatic N) is 2. The highest BCUT2D eigenvalue weighted by molar-refractivity contribution is 6.22. The van der Waals surface area contributed by atoms with Crippen LogP contribution in [0.2, 0.25) is 0 Å². The molecule has 1 fully saturated rings. The minimum Gasteiger partial charge on any atom is -0.496 e. The Morgan fingerprint density at radius 1 is 0.886 bits per heavy atom. The second-order valence-electron chi connectivity index (χ2n) is 8.06. The highest BCUT2D eigenvalue weighted by atomic mass is 19.1. The molecule has 1 aliphatic rings. The zero-order chi connectivity index (χ0) is 24.6. The monoisotopic (exact) mass is 474 g/mol. The highest BCUT2D eigenvalue weighted by Gasteiger charge is 2.24. The molecule has 0 unspecified atom stereocenters. The molecule has 0 bridgehead atoms. The average Bonchev–Trinajstić information content (AvgIpc) is 2.91. The van der Waals surface area contributed by atoms with Crippen LogP contribution in [0.4, 0.5) is 10.1 Å². The Bertz CT molecular complexity index is 1200. The first kappa shape index (κ1) is 24.0. The Labute approximate surface area is 204 Å². The summed E-state index contributed by atoms with van der Waals surface area (Å²) in [7, 11) is 1.57. The normalized spacial score (nSPS) is 13.9. The van der Waals surface area contributed by atoms with E-state index in [9.17, 15) is 14.0 Å². The summed E-state index contributed by atoms with van der Waals surface area (Å²) in [5.74, 6) is -0.536. The van der Waals surface area contributed by atoms with Gasteiger partial charge in [-0.25, -0.2) is 9.18 Å². The minimum atomic E-state index is -0.597. The number of carbonyl (C=O) groups excluding carboxylic acids is 2. The molecule has 180 valence electrons. The van der Waals surface area contributed by atoms with Crippen LogP contribution in [0.25, 0.3) is 11.6 Å². The number of methoxy groups -OCH3 is 1. The Morgan fingerprint density at radius 3 is 2.26 bits per heavy atom. The Hall–Kier alpha value is -4.13. The van der Waals surface area contributed by atoms with E-state index < -0.39 is 5.97 Å². The molecule has 1 saturated heterocycles. The number of ether oxygens (including phenoxy) is 2. The molecule has 3 aromatic carbocycles. The van der Waals surface area contributed by atoms with Gasteiger partial charge in [0.25, 0.3) is 5.91 Å². The topological polar surface area (TPSA) is 59.1 Å². The maximum atomic E-state index is 14.1. The van der Waals surface area contributed by atoms with Crippen LogP contribution in [0.15, 0.2) is 78.9 Å². The molecular formula is C28H27FN2O4. The molecule has 3 aromatic rings. The van der Waals surface area contributed by atoms with E-state index in [0.717, 1.165) is 5.56 Å². The standard InChI is InChI=1S/C28H27FN2O4/c1-34-26-14-8-5-11-22(26)19-23(21-9-3-2-4-10-21)28(33)35-20-27(32)31-17-15-30(16-18-31)25-13-7-6-12-24(25)29/h2-14,19H,15-18,20H2,1H3/b23-19+. The zero-order valence-electron chi connectivity index (χ0n) is 19.5. The van der Waals surface area contributed by atoms with Crippen molar-refractivity contribution in [2.24, 2.45) is 0 Å². The van der Waals surface area contributed by atoms with Crippen molar-refractivity contribution < 1.29 is 23.5 Å². The first-order valence-corrected chi connectivity index (χ1v) is 11.4. The summed E-state index contributed by atoms with van der Waals surface area (Å²) in [6, 6.07) is 23.1. The molecule has 1 aliphatic heterocycles. The number of hydrogen-bond donors (Lipinski definition) is 0. The van der Waals surface area contributed by atoms with Crippen LogP contribution in [0.3, 0.4) is 0 Å². The maximum Gasteiger partial charge on any atom is 0.339 e. The number of para-hydroxylation sites is 2. The van der Waals surface area contributed by atoms with Crippen LogP contribution in [0.1, 0.15) is 11.1 Å². The molecular weight excluding hydrogens is 447 g/mol. The lowest BCUT2D eigenvalue weighted by Gasteiger charge is -2.36. The van der Waals surface area contributed by atoms with Crippen LogP contribution in [-0.4, -0.2) is 56.7 Å². The van der Waals surface area contributed by atoms with Crippen LogP contribution in [0.5, 0.6) is 5.75 Å². The van der Waals surface area contributed by atoms with Crippen LogP contribution in [0, 0.1) is 5.82 Å². The third kappa shape index (κ3) is 5.87. The summed E-state index contributed by atoms with van der Waals surface area (Å²) in [5, 5.41) is 0. The molecule has 0 spiro atoms. The Balaban J connectivity index is 1.41. The van der Waals surface area contributed by atoms with Crippen molar-refractivity contribution in [2.45, 2.75) is 0 Å². The SMILES string of the molecule is COc1ccccc1/C=C(/C(=O)OCC(=O)N1CCN(c2ccccc2F)CC1)c1ccccc1. The molecule has 1 heterocycles. The third-order valence-electron chi connectivity index (χ3n) is 5.90. The molecule has 0 N–H and O–H groups in total. The van der Waals surface area contributed by atoms with Crippen molar-refractivity contribution in [3.63, 3.8) is 0 Å². The first-order chi connectivity index (χ1) is 17.1. The van der Waals surface area contributed by atoms with Gasteiger partial charge in [0.2, 0.25) is 0 Å². The zero-order valence-corrected chi connectivity index (χ0v) is 19.5. The van der Waals surface area contributed by atoms with Gasteiger partial charge in [0.1, 0.15) is 11.6 Å². The predicted octanol–water partition coefficient (Wildman–Crippen LogP) is 4.27. The van der Waals surface area contributed by atoms with Crippen molar-refractivity contribution >= 4 is 29.2 Å². The fourth-order valence-electron chi connectivity index (χ4n) is 4.02. The van der Waals surface area contributed by atoms with Crippen molar-refractivity contribution in [1.29, 1.82) is 0 Å². The van der Waals surface area contributed by atoms with Gasteiger partial charge in [-0.3, -0.25) is 4.79 Å². The van der Waals surface area contributed by atoms with Gasteiger partial charge in [-0.05, 0) is 29.8 Å². The van der Waals surface area contributed by atoms with Gasteiger partial charge in [0, 0.05) is 31.7 Å². The van der Waals surface area contributed by atoms with Gasteiger partial charge < -0.3 is 19.3 Å². The lowest BCUT2D eigenvalue weighted by molar-refractivity contribution is -0.147. The van der Waals surface area contributed by atoms with Crippen LogP contribution >= 0.6 is 0 Å². The Morgan fingerprint density at radius 2 is 1.54 bits per heavy atom. The van der Waals surface area contributed by atoms with E-state index in [-0.39, 0.29) is 18.3 Å². The van der Waals surface area contributed by atoms with Crippen molar-refractivity contribution in [3.05, 3.63) is 95.8 Å². The number of amides is 1. The molecule has 0 aromatic heterocycles. The molecule has 6 nitrogen and oxygen atoms in total. The van der Waals surface area contributed by atoms with Gasteiger partial charge >= 0.3 is 5.97 Å². The number of carbonyl (C=O) groups is 2. The fraction of sp³-hybridized carbons (Fsp3) is 0.214. The molecule has 0 saturated carbocycles. The van der Waals surface area contributed by atoms with Gasteiger partial charge in [-0.2, -0.15) is 0 Å². The van der Waals surface area contributed by atoms with Crippen molar-refractivity contribution in [1.82, 2.24) is 4.90 Å². The summed E-state index contributed by atoms with van der Waals surface area (Å²) in [6.07, 6.45) is 1.70. The van der Waals surface area contributed by atoms with Gasteiger partial charge in [-0.15, -0.1) is 0 Å². The van der Waals surface area contributed by atoms with E-state index in [1.54, 1.807) is 36.3 Å². The third-order valence-corrected chi connectivity index (χ3v) is 5.90. The molecule has 0 aliphatic carbocycles. The summed E-state index contributed by atoms with van der Waals surface area (Å²) < 4.78 is 24.9. The number of rotatable bonds is 7. The lowest BCUT2D eigenvalue weighted by Crippen LogP contribution is -2.50. The molecule has 35 heavy (non-hydrogen) atoms. The number of piperazine rings is 1. The maximum absolute atomic E-state index is 14.1. The molecule has 1 amide bonds. The van der Waals surface area contributed by atoms with Gasteiger partial charge in [-0.1, -0.05) is 60.7 Å². The number of anilines is 1. The first-order valence-electron chi connectivity index (χ1n) is 11.4. The highest BCUT2D eigenvalue weighted by Crippen LogP contribution is 2.26. The molecule has 0 atom stereocenters. The van der Waals surface area contributed by atoms with Gasteiger partial charge in [0.05, 0.1) is 18.4 Å². The predicted molar refractivity (Wildman–Crippen MR) is 133 cm³/mol. The molecule has 0 radical (unpaired) electrons. The summed E-state index contributed by atoms with van der Waals surface area (Å²) in [6.45, 7) is 1.49. The minimum absolute atomic E-state index is 0.281. The largest absolute Gasteiger partial charge is 0.496 e. The van der Waals surface area contributed by atoms with E-state index >= 15 is 0 Å². The number of esters is 1. The van der Waals surface area contributed by atoms with E-state index in [0.29, 0.717) is 48.8 Å². The second-order valence-corrected chi connectivity index (χ2v) is 8.06. The summed E-state index contributed by atoms with van der Waals surface area (Å²) in [5.41, 5.74) is 2.25. The summed E-state index contributed by atoms with van der Waals surface area (Å²) in [4.78, 5) is 29.4. The number of hydrogen-bond acceptors (Lipinski definition) is 5. The van der Waals surface area contributed by atoms with Crippen LogP contribution < -0.4 is 9.64 Å². The van der Waals surface area contributed by atoms with E-state index in [2.05, 4.69) is 0 Å². The van der Waals surface area contributed by atoms with Crippen molar-refractivity contribution in [2.75, 3.05) is 44.8 Å².